The zero-order valence-corrected chi connectivity index (χ0v) is 22.0. The average molecular weight is 513 g/mol. The fraction of sp³-hybridized carbons (Fsp3) is 0.885. The lowest BCUT2D eigenvalue weighted by atomic mass is 9.85. The number of rotatable bonds is 4. The number of allylic oxidation sites excluding steroid dienone is 1. The summed E-state index contributed by atoms with van der Waals surface area (Å²) in [7, 11) is 0. The van der Waals surface area contributed by atoms with Gasteiger partial charge in [0.05, 0.1) is 12.1 Å². The van der Waals surface area contributed by atoms with Gasteiger partial charge in [0.1, 0.15) is 35.9 Å². The third-order valence-electron chi connectivity index (χ3n) is 8.03. The van der Waals surface area contributed by atoms with Gasteiger partial charge in [-0.25, -0.2) is 0 Å². The first-order chi connectivity index (χ1) is 16.8. The van der Waals surface area contributed by atoms with Crippen molar-refractivity contribution in [2.75, 3.05) is 18.9 Å². The van der Waals surface area contributed by atoms with E-state index in [9.17, 15) is 20.1 Å². The molecule has 8 nitrogen and oxygen atoms in total. The molecule has 9 heteroatoms. The highest BCUT2D eigenvalue weighted by Crippen LogP contribution is 2.35. The van der Waals surface area contributed by atoms with Crippen LogP contribution in [-0.4, -0.2) is 88.2 Å². The number of carbonyl (C=O) groups is 1. The van der Waals surface area contributed by atoms with Crippen LogP contribution in [0.1, 0.15) is 52.9 Å². The second kappa shape index (κ2) is 12.2. The average Bonchev–Trinajstić information content (AvgIpc) is 3.09. The smallest absolute Gasteiger partial charge is 0.240 e. The normalized spacial score (nSPS) is 45.7. The fourth-order valence-corrected chi connectivity index (χ4v) is 7.31. The minimum absolute atomic E-state index is 0.132. The minimum Gasteiger partial charge on any atom is -0.388 e. The highest BCUT2D eigenvalue weighted by atomic mass is 32.2. The van der Waals surface area contributed by atoms with Gasteiger partial charge < -0.3 is 35.4 Å². The Morgan fingerprint density at radius 1 is 1.20 bits per heavy atom. The van der Waals surface area contributed by atoms with Crippen LogP contribution in [0.3, 0.4) is 0 Å². The van der Waals surface area contributed by atoms with Crippen LogP contribution < -0.4 is 10.6 Å². The van der Waals surface area contributed by atoms with Gasteiger partial charge in [-0.05, 0) is 61.5 Å². The van der Waals surface area contributed by atoms with Crippen LogP contribution in [0.5, 0.6) is 0 Å². The maximum Gasteiger partial charge on any atom is 0.240 e. The van der Waals surface area contributed by atoms with Gasteiger partial charge in [0, 0.05) is 13.2 Å². The van der Waals surface area contributed by atoms with Gasteiger partial charge >= 0.3 is 0 Å². The predicted octanol–water partition coefficient (Wildman–Crippen LogP) is 1.43. The Kier molecular flexibility index (Phi) is 9.57. The molecule has 2 bridgehead atoms. The topological polar surface area (TPSA) is 120 Å². The number of thioether (sulfide) groups is 1. The van der Waals surface area contributed by atoms with Crippen molar-refractivity contribution >= 4 is 17.7 Å². The molecule has 4 aliphatic rings. The molecule has 0 aromatic heterocycles. The van der Waals surface area contributed by atoms with E-state index in [4.69, 9.17) is 9.47 Å². The summed E-state index contributed by atoms with van der Waals surface area (Å²) >= 11 is 1.44. The molecule has 5 N–H and O–H groups in total. The van der Waals surface area contributed by atoms with Gasteiger partial charge in [-0.2, -0.15) is 0 Å². The summed E-state index contributed by atoms with van der Waals surface area (Å²) < 4.78 is 12.4. The number of carbonyl (C=O) groups excluding carboxylic acids is 1. The fourth-order valence-electron chi connectivity index (χ4n) is 6.18. The molecule has 3 fully saturated rings. The highest BCUT2D eigenvalue weighted by molar-refractivity contribution is 7.99. The van der Waals surface area contributed by atoms with Crippen LogP contribution in [-0.2, 0) is 14.3 Å². The summed E-state index contributed by atoms with van der Waals surface area (Å²) in [6.07, 6.45) is 4.41. The number of hydrogen-bond acceptors (Lipinski definition) is 8. The lowest BCUT2D eigenvalue weighted by Crippen LogP contribution is -2.65. The monoisotopic (exact) mass is 512 g/mol. The number of aliphatic hydroxyl groups excluding tert-OH is 3. The van der Waals surface area contributed by atoms with Crippen LogP contribution in [0.4, 0.5) is 0 Å². The number of hydrogen-bond donors (Lipinski definition) is 5. The van der Waals surface area contributed by atoms with Crippen molar-refractivity contribution in [3.63, 3.8) is 0 Å². The molecule has 4 heterocycles. The van der Waals surface area contributed by atoms with E-state index < -0.39 is 41.9 Å². The SMILES string of the molecule is CC(C)C[C@@H]1CCO[C@@H]2[C@H](CN[C@@H]2C(=O)N[C@H]2C3OC(SCCC/C=C\[C@H]2C)C(O)C(O)C3O)C1. The van der Waals surface area contributed by atoms with Crippen molar-refractivity contribution in [1.82, 2.24) is 10.6 Å². The van der Waals surface area contributed by atoms with Gasteiger partial charge in [-0.1, -0.05) is 32.9 Å². The summed E-state index contributed by atoms with van der Waals surface area (Å²) in [5.41, 5.74) is -0.653. The molecule has 0 aliphatic carbocycles. The Labute approximate surface area is 213 Å². The van der Waals surface area contributed by atoms with E-state index in [2.05, 4.69) is 30.6 Å². The third kappa shape index (κ3) is 6.43. The summed E-state index contributed by atoms with van der Waals surface area (Å²) in [5.74, 6) is 2.05. The Morgan fingerprint density at radius 2 is 2.00 bits per heavy atom. The van der Waals surface area contributed by atoms with E-state index in [0.717, 1.165) is 38.0 Å². The van der Waals surface area contributed by atoms with Crippen molar-refractivity contribution in [3.05, 3.63) is 12.2 Å². The van der Waals surface area contributed by atoms with Crippen molar-refractivity contribution in [1.29, 1.82) is 0 Å². The highest BCUT2D eigenvalue weighted by Gasteiger charge is 2.49. The molecule has 1 amide bonds. The second-order valence-electron chi connectivity index (χ2n) is 11.3. The number of ether oxygens (including phenoxy) is 2. The van der Waals surface area contributed by atoms with Gasteiger partial charge in [-0.15, -0.1) is 11.8 Å². The zero-order valence-electron chi connectivity index (χ0n) is 21.2. The van der Waals surface area contributed by atoms with E-state index >= 15 is 0 Å². The van der Waals surface area contributed by atoms with Crippen molar-refractivity contribution in [2.45, 2.75) is 101 Å². The Bertz CT molecular complexity index is 739. The minimum atomic E-state index is -1.33. The summed E-state index contributed by atoms with van der Waals surface area (Å²) in [6, 6.07) is -1.02. The maximum absolute atomic E-state index is 13.6. The molecule has 0 aromatic carbocycles. The van der Waals surface area contributed by atoms with Gasteiger partial charge in [0.2, 0.25) is 5.91 Å². The van der Waals surface area contributed by atoms with E-state index in [1.807, 2.05) is 13.0 Å². The van der Waals surface area contributed by atoms with Crippen LogP contribution in [0.15, 0.2) is 12.2 Å². The number of amides is 1. The molecule has 5 unspecified atom stereocenters. The van der Waals surface area contributed by atoms with E-state index in [-0.39, 0.29) is 17.9 Å². The number of fused-ring (bicyclic) bond motifs is 3. The molecule has 0 radical (unpaired) electrons. The standard InChI is InChI=1S/C26H44N2O6S/c1-14(2)11-16-8-9-33-23-17(12-16)13-27-19(23)25(32)28-18-15(3)7-5-4-6-10-35-26-22(31)20(29)21(30)24(18)34-26/h5,7,14-24,26-27,29-31H,4,6,8-13H2,1-3H3,(H,28,32)/b7-5-/t15-,16+,17+,18-,19+,20?,21?,22?,23-,24?,26?/m1/s1. The first kappa shape index (κ1) is 27.4. The van der Waals surface area contributed by atoms with Gasteiger partial charge in [0.15, 0.2) is 0 Å². The number of nitrogens with one attached hydrogen (secondary N) is 2. The molecule has 200 valence electrons. The molecule has 3 saturated heterocycles. The first-order valence-electron chi connectivity index (χ1n) is 13.4. The molecule has 4 aliphatic heterocycles. The van der Waals surface area contributed by atoms with Crippen LogP contribution in [0, 0.1) is 23.7 Å². The molecule has 0 spiro atoms. The molecular weight excluding hydrogens is 468 g/mol. The Morgan fingerprint density at radius 3 is 2.77 bits per heavy atom. The van der Waals surface area contributed by atoms with Crippen molar-refractivity contribution in [2.24, 2.45) is 23.7 Å². The van der Waals surface area contributed by atoms with E-state index in [1.165, 1.54) is 18.2 Å². The van der Waals surface area contributed by atoms with E-state index in [1.54, 1.807) is 0 Å². The quantitative estimate of drug-likeness (QED) is 0.359. The molecule has 0 aromatic rings. The Balaban J connectivity index is 1.49. The summed E-state index contributed by atoms with van der Waals surface area (Å²) in [5, 5.41) is 38.4. The second-order valence-corrected chi connectivity index (χ2v) is 12.5. The van der Waals surface area contributed by atoms with Crippen molar-refractivity contribution < 1.29 is 29.6 Å². The Hall–Kier alpha value is -0.680. The third-order valence-corrected chi connectivity index (χ3v) is 9.27. The van der Waals surface area contributed by atoms with Crippen molar-refractivity contribution in [3.8, 4) is 0 Å². The molecule has 4 rings (SSSR count). The van der Waals surface area contributed by atoms with Crippen LogP contribution >= 0.6 is 11.8 Å². The molecular formula is C26H44N2O6S. The summed E-state index contributed by atoms with van der Waals surface area (Å²) in [4.78, 5) is 13.6. The zero-order chi connectivity index (χ0) is 25.1. The lowest BCUT2D eigenvalue weighted by Gasteiger charge is -2.44. The maximum atomic E-state index is 13.6. The predicted molar refractivity (Wildman–Crippen MR) is 136 cm³/mol. The molecule has 11 atom stereocenters. The van der Waals surface area contributed by atoms with Gasteiger partial charge in [0.25, 0.3) is 0 Å². The molecule has 0 saturated carbocycles. The first-order valence-corrected chi connectivity index (χ1v) is 14.4. The van der Waals surface area contributed by atoms with Gasteiger partial charge in [-0.3, -0.25) is 4.79 Å². The molecule has 35 heavy (non-hydrogen) atoms. The number of aliphatic hydroxyl groups is 3. The van der Waals surface area contributed by atoms with Crippen LogP contribution in [0.25, 0.3) is 0 Å². The van der Waals surface area contributed by atoms with Crippen LogP contribution in [0.2, 0.25) is 0 Å². The lowest BCUT2D eigenvalue weighted by molar-refractivity contribution is -0.207. The van der Waals surface area contributed by atoms with E-state index in [0.29, 0.717) is 24.4 Å². The largest absolute Gasteiger partial charge is 0.388 e. The summed E-state index contributed by atoms with van der Waals surface area (Å²) in [6.45, 7) is 7.91.